The number of aromatic nitrogens is 3. The Morgan fingerprint density at radius 2 is 2.25 bits per heavy atom. The Labute approximate surface area is 117 Å². The number of carbonyl (C=O) groups is 1. The van der Waals surface area contributed by atoms with Crippen molar-refractivity contribution in [1.29, 1.82) is 0 Å². The Hall–Kier alpha value is -1.95. The largest absolute Gasteiger partial charge is 0.465 e. The average molecular weight is 274 g/mol. The summed E-state index contributed by atoms with van der Waals surface area (Å²) in [5.41, 5.74) is 1.18. The number of methoxy groups -OCH3 is 1. The van der Waals surface area contributed by atoms with Gasteiger partial charge >= 0.3 is 5.97 Å². The highest BCUT2D eigenvalue weighted by atomic mass is 16.5. The Morgan fingerprint density at radius 1 is 1.40 bits per heavy atom. The molecule has 1 unspecified atom stereocenters. The first kappa shape index (κ1) is 13.1. The topological polar surface area (TPSA) is 59.7 Å². The zero-order valence-electron chi connectivity index (χ0n) is 11.7. The van der Waals surface area contributed by atoms with Crippen LogP contribution >= 0.6 is 0 Å². The monoisotopic (exact) mass is 274 g/mol. The van der Waals surface area contributed by atoms with E-state index in [9.17, 15) is 4.79 Å². The molecule has 0 bridgehead atoms. The molecule has 1 saturated heterocycles. The van der Waals surface area contributed by atoms with Gasteiger partial charge in [-0.1, -0.05) is 6.42 Å². The molecular weight excluding hydrogens is 256 g/mol. The molecular formula is C14H18N4O2. The molecule has 106 valence electrons. The fraction of sp³-hybridized carbons (Fsp3) is 0.500. The molecule has 0 saturated carbocycles. The zero-order chi connectivity index (χ0) is 14.1. The van der Waals surface area contributed by atoms with Crippen LogP contribution in [-0.4, -0.2) is 46.2 Å². The first-order chi connectivity index (χ1) is 9.70. The predicted molar refractivity (Wildman–Crippen MR) is 73.5 cm³/mol. The van der Waals surface area contributed by atoms with Crippen LogP contribution in [0.1, 0.15) is 41.5 Å². The first-order valence-electron chi connectivity index (χ1n) is 6.84. The van der Waals surface area contributed by atoms with Gasteiger partial charge in [-0.25, -0.2) is 4.79 Å². The van der Waals surface area contributed by atoms with Crippen LogP contribution in [0.5, 0.6) is 0 Å². The Morgan fingerprint density at radius 3 is 3.00 bits per heavy atom. The van der Waals surface area contributed by atoms with Crippen LogP contribution in [0.3, 0.4) is 0 Å². The summed E-state index contributed by atoms with van der Waals surface area (Å²) < 4.78 is 6.68. The van der Waals surface area contributed by atoms with Crippen LogP contribution in [0.4, 0.5) is 0 Å². The number of ether oxygens (including phenoxy) is 1. The lowest BCUT2D eigenvalue weighted by atomic mass is 10.0. The fourth-order valence-electron chi connectivity index (χ4n) is 2.78. The van der Waals surface area contributed by atoms with E-state index in [1.54, 1.807) is 12.1 Å². The third-order valence-electron chi connectivity index (χ3n) is 3.93. The van der Waals surface area contributed by atoms with Gasteiger partial charge in [-0.2, -0.15) is 0 Å². The van der Waals surface area contributed by atoms with Crippen molar-refractivity contribution >= 4 is 11.6 Å². The Kier molecular flexibility index (Phi) is 3.40. The van der Waals surface area contributed by atoms with Crippen molar-refractivity contribution < 1.29 is 9.53 Å². The second-order valence-corrected chi connectivity index (χ2v) is 5.19. The maximum absolute atomic E-state index is 11.5. The molecule has 1 aliphatic heterocycles. The summed E-state index contributed by atoms with van der Waals surface area (Å²) in [6, 6.07) is 3.75. The van der Waals surface area contributed by atoms with E-state index in [1.165, 1.54) is 20.0 Å². The van der Waals surface area contributed by atoms with Gasteiger partial charge in [0, 0.05) is 6.20 Å². The van der Waals surface area contributed by atoms with Crippen LogP contribution in [0.25, 0.3) is 5.65 Å². The van der Waals surface area contributed by atoms with E-state index in [2.05, 4.69) is 22.1 Å². The van der Waals surface area contributed by atoms with Gasteiger partial charge in [0.2, 0.25) is 0 Å². The standard InChI is InChI=1S/C14H18N4O2/c1-17-7-4-3-5-11(17)13-16-15-12-9-10(14(19)20-2)6-8-18(12)13/h6,8-9,11H,3-5,7H2,1-2H3. The van der Waals surface area contributed by atoms with Crippen molar-refractivity contribution in [2.24, 2.45) is 0 Å². The Balaban J connectivity index is 1.99. The summed E-state index contributed by atoms with van der Waals surface area (Å²) in [5, 5.41) is 8.50. The molecule has 0 amide bonds. The number of nitrogens with zero attached hydrogens (tertiary/aromatic N) is 4. The van der Waals surface area contributed by atoms with Gasteiger partial charge < -0.3 is 4.74 Å². The normalized spacial score (nSPS) is 20.2. The van der Waals surface area contributed by atoms with Crippen LogP contribution in [0, 0.1) is 0 Å². The van der Waals surface area contributed by atoms with Gasteiger partial charge in [-0.15, -0.1) is 10.2 Å². The molecule has 3 rings (SSSR count). The molecule has 20 heavy (non-hydrogen) atoms. The summed E-state index contributed by atoms with van der Waals surface area (Å²) in [6.07, 6.45) is 5.38. The summed E-state index contributed by atoms with van der Waals surface area (Å²) in [7, 11) is 3.49. The highest BCUT2D eigenvalue weighted by molar-refractivity contribution is 5.90. The molecule has 0 aromatic carbocycles. The number of hydrogen-bond acceptors (Lipinski definition) is 5. The van der Waals surface area contributed by atoms with E-state index < -0.39 is 0 Å². The predicted octanol–water partition coefficient (Wildman–Crippen LogP) is 1.67. The lowest BCUT2D eigenvalue weighted by Crippen LogP contribution is -2.30. The highest BCUT2D eigenvalue weighted by Crippen LogP contribution is 2.28. The van der Waals surface area contributed by atoms with Crippen LogP contribution in [0.15, 0.2) is 18.3 Å². The number of likely N-dealkylation sites (tertiary alicyclic amines) is 1. The second-order valence-electron chi connectivity index (χ2n) is 5.19. The lowest BCUT2D eigenvalue weighted by molar-refractivity contribution is 0.0600. The quantitative estimate of drug-likeness (QED) is 0.780. The molecule has 6 nitrogen and oxygen atoms in total. The smallest absolute Gasteiger partial charge is 0.338 e. The molecule has 2 aromatic rings. The van der Waals surface area contributed by atoms with Gasteiger partial charge in [-0.05, 0) is 38.6 Å². The molecule has 1 aliphatic rings. The SMILES string of the molecule is COC(=O)c1ccn2c(C3CCCCN3C)nnc2c1. The number of carbonyl (C=O) groups excluding carboxylic acids is 1. The molecule has 0 spiro atoms. The van der Waals surface area contributed by atoms with E-state index in [0.29, 0.717) is 17.3 Å². The minimum absolute atomic E-state index is 0.294. The number of pyridine rings is 1. The van der Waals surface area contributed by atoms with Crippen molar-refractivity contribution in [3.8, 4) is 0 Å². The van der Waals surface area contributed by atoms with Gasteiger partial charge in [0.05, 0.1) is 18.7 Å². The van der Waals surface area contributed by atoms with Crippen LogP contribution in [0.2, 0.25) is 0 Å². The van der Waals surface area contributed by atoms with E-state index in [0.717, 1.165) is 18.8 Å². The number of piperidine rings is 1. The van der Waals surface area contributed by atoms with Gasteiger partial charge in [0.1, 0.15) is 0 Å². The maximum atomic E-state index is 11.5. The molecule has 6 heteroatoms. The number of rotatable bonds is 2. The van der Waals surface area contributed by atoms with E-state index in [4.69, 9.17) is 4.74 Å². The highest BCUT2D eigenvalue weighted by Gasteiger charge is 2.25. The van der Waals surface area contributed by atoms with Crippen LogP contribution < -0.4 is 0 Å². The molecule has 0 N–H and O–H groups in total. The van der Waals surface area contributed by atoms with Crippen molar-refractivity contribution in [2.45, 2.75) is 25.3 Å². The molecule has 2 aromatic heterocycles. The second kappa shape index (κ2) is 5.20. The molecule has 1 atom stereocenters. The van der Waals surface area contributed by atoms with E-state index in [-0.39, 0.29) is 5.97 Å². The van der Waals surface area contributed by atoms with E-state index in [1.807, 2.05) is 10.6 Å². The summed E-state index contributed by atoms with van der Waals surface area (Å²) in [6.45, 7) is 1.08. The van der Waals surface area contributed by atoms with E-state index >= 15 is 0 Å². The Bertz CT molecular complexity index is 637. The lowest BCUT2D eigenvalue weighted by Gasteiger charge is -2.30. The summed E-state index contributed by atoms with van der Waals surface area (Å²) >= 11 is 0. The average Bonchev–Trinajstić information content (AvgIpc) is 2.90. The van der Waals surface area contributed by atoms with Crippen LogP contribution in [-0.2, 0) is 4.74 Å². The summed E-state index contributed by atoms with van der Waals surface area (Å²) in [5.74, 6) is 0.588. The molecule has 1 fully saturated rings. The summed E-state index contributed by atoms with van der Waals surface area (Å²) in [4.78, 5) is 13.8. The molecule has 0 radical (unpaired) electrons. The molecule has 3 heterocycles. The number of fused-ring (bicyclic) bond motifs is 1. The maximum Gasteiger partial charge on any atom is 0.338 e. The number of esters is 1. The minimum atomic E-state index is -0.355. The van der Waals surface area contributed by atoms with Gasteiger partial charge in [0.15, 0.2) is 11.5 Å². The van der Waals surface area contributed by atoms with Gasteiger partial charge in [-0.3, -0.25) is 9.30 Å². The van der Waals surface area contributed by atoms with Crippen molar-refractivity contribution in [3.63, 3.8) is 0 Å². The van der Waals surface area contributed by atoms with Crippen molar-refractivity contribution in [1.82, 2.24) is 19.5 Å². The van der Waals surface area contributed by atoms with Crippen molar-refractivity contribution in [2.75, 3.05) is 20.7 Å². The van der Waals surface area contributed by atoms with Gasteiger partial charge in [0.25, 0.3) is 0 Å². The number of hydrogen-bond donors (Lipinski definition) is 0. The zero-order valence-corrected chi connectivity index (χ0v) is 11.7. The van der Waals surface area contributed by atoms with Crippen molar-refractivity contribution in [3.05, 3.63) is 29.7 Å². The third kappa shape index (κ3) is 2.16. The fourth-order valence-corrected chi connectivity index (χ4v) is 2.78. The third-order valence-corrected chi connectivity index (χ3v) is 3.93. The first-order valence-corrected chi connectivity index (χ1v) is 6.84. The molecule has 0 aliphatic carbocycles. The minimum Gasteiger partial charge on any atom is -0.465 e.